The van der Waals surface area contributed by atoms with Crippen LogP contribution in [-0.4, -0.2) is 9.55 Å². The summed E-state index contributed by atoms with van der Waals surface area (Å²) in [5, 5.41) is 0. The molecule has 0 fully saturated rings. The molecule has 1 rings (SSSR count). The van der Waals surface area contributed by atoms with Crippen LogP contribution in [0, 0.1) is 5.92 Å². The molecule has 0 saturated heterocycles. The van der Waals surface area contributed by atoms with Crippen molar-refractivity contribution in [3.63, 3.8) is 0 Å². The van der Waals surface area contributed by atoms with E-state index in [2.05, 4.69) is 23.4 Å². The van der Waals surface area contributed by atoms with Crippen LogP contribution in [0.25, 0.3) is 0 Å². The maximum atomic E-state index is 5.86. The summed E-state index contributed by atoms with van der Waals surface area (Å²) in [4.78, 5) is 4.15. The number of hydrogen-bond donors (Lipinski definition) is 1. The second kappa shape index (κ2) is 5.15. The predicted octanol–water partition coefficient (Wildman–Crippen LogP) is 2.34. The lowest BCUT2D eigenvalue weighted by Crippen LogP contribution is -2.15. The largest absolute Gasteiger partial charge is 0.333 e. The number of imidazole rings is 1. The smallest absolute Gasteiger partial charge is 0.0948 e. The molecule has 0 aromatic carbocycles. The van der Waals surface area contributed by atoms with Gasteiger partial charge in [-0.05, 0) is 12.8 Å². The molecule has 0 aliphatic rings. The fourth-order valence-corrected chi connectivity index (χ4v) is 1.69. The van der Waals surface area contributed by atoms with Gasteiger partial charge < -0.3 is 10.3 Å². The third-order valence-corrected chi connectivity index (χ3v) is 2.82. The Morgan fingerprint density at radius 3 is 2.57 bits per heavy atom. The van der Waals surface area contributed by atoms with Gasteiger partial charge in [0.15, 0.2) is 0 Å². The predicted molar refractivity (Wildman–Crippen MR) is 58.9 cm³/mol. The van der Waals surface area contributed by atoms with Gasteiger partial charge in [-0.3, -0.25) is 0 Å². The van der Waals surface area contributed by atoms with Gasteiger partial charge in [-0.25, -0.2) is 4.98 Å². The van der Waals surface area contributed by atoms with E-state index in [1.165, 1.54) is 12.8 Å². The van der Waals surface area contributed by atoms with E-state index in [0.29, 0.717) is 0 Å². The molecule has 0 aliphatic carbocycles. The van der Waals surface area contributed by atoms with E-state index in [4.69, 9.17) is 5.73 Å². The molecule has 2 N–H and O–H groups in total. The van der Waals surface area contributed by atoms with Crippen molar-refractivity contribution >= 4 is 0 Å². The fraction of sp³-hybridized carbons (Fsp3) is 0.727. The molecular formula is C11H21N3. The highest BCUT2D eigenvalue weighted by atomic mass is 15.1. The molecule has 14 heavy (non-hydrogen) atoms. The van der Waals surface area contributed by atoms with Crippen molar-refractivity contribution in [3.8, 4) is 0 Å². The van der Waals surface area contributed by atoms with Crippen molar-refractivity contribution in [2.45, 2.75) is 46.2 Å². The number of nitrogens with two attached hydrogens (primary N) is 1. The Morgan fingerprint density at radius 2 is 2.07 bits per heavy atom. The van der Waals surface area contributed by atoms with Gasteiger partial charge in [0.2, 0.25) is 0 Å². The lowest BCUT2D eigenvalue weighted by atomic mass is 10.0. The minimum atomic E-state index is 0.0758. The highest BCUT2D eigenvalue weighted by Crippen LogP contribution is 2.15. The van der Waals surface area contributed by atoms with E-state index < -0.39 is 0 Å². The molecule has 80 valence electrons. The van der Waals surface area contributed by atoms with Crippen LogP contribution in [0.2, 0.25) is 0 Å². The second-order valence-electron chi connectivity index (χ2n) is 3.94. The van der Waals surface area contributed by atoms with Crippen LogP contribution in [0.1, 0.15) is 45.3 Å². The Labute approximate surface area is 86.3 Å². The molecule has 1 aromatic rings. The van der Waals surface area contributed by atoms with E-state index >= 15 is 0 Å². The molecule has 0 amide bonds. The van der Waals surface area contributed by atoms with Crippen molar-refractivity contribution in [2.75, 3.05) is 0 Å². The molecule has 1 unspecified atom stereocenters. The van der Waals surface area contributed by atoms with Crippen molar-refractivity contribution < 1.29 is 0 Å². The van der Waals surface area contributed by atoms with Crippen LogP contribution >= 0.6 is 0 Å². The van der Waals surface area contributed by atoms with Gasteiger partial charge in [0.1, 0.15) is 0 Å². The quantitative estimate of drug-likeness (QED) is 0.783. The highest BCUT2D eigenvalue weighted by molar-refractivity contribution is 5.03. The van der Waals surface area contributed by atoms with Crippen LogP contribution < -0.4 is 5.73 Å². The molecule has 0 radical (unpaired) electrons. The van der Waals surface area contributed by atoms with Crippen LogP contribution in [0.3, 0.4) is 0 Å². The van der Waals surface area contributed by atoms with Gasteiger partial charge in [0.05, 0.1) is 12.0 Å². The van der Waals surface area contributed by atoms with Gasteiger partial charge in [-0.15, -0.1) is 0 Å². The third-order valence-electron chi connectivity index (χ3n) is 2.82. The van der Waals surface area contributed by atoms with E-state index in [0.717, 1.165) is 18.2 Å². The van der Waals surface area contributed by atoms with Crippen LogP contribution in [0.5, 0.6) is 0 Å². The third kappa shape index (κ3) is 2.58. The lowest BCUT2D eigenvalue weighted by Gasteiger charge is -2.16. The fourth-order valence-electron chi connectivity index (χ4n) is 1.69. The number of aromatic nitrogens is 2. The molecule has 0 aliphatic heterocycles. The van der Waals surface area contributed by atoms with Crippen molar-refractivity contribution in [1.82, 2.24) is 9.55 Å². The Kier molecular flexibility index (Phi) is 4.14. The molecule has 3 nitrogen and oxygen atoms in total. The average Bonchev–Trinajstić information content (AvgIpc) is 2.62. The van der Waals surface area contributed by atoms with E-state index in [1.807, 2.05) is 19.4 Å². The summed E-state index contributed by atoms with van der Waals surface area (Å²) >= 11 is 0. The molecule has 1 atom stereocenters. The number of rotatable bonds is 5. The molecule has 0 spiro atoms. The summed E-state index contributed by atoms with van der Waals surface area (Å²) in [6.45, 7) is 7.51. The molecule has 3 heteroatoms. The SMILES string of the molecule is CCC(CC)Cn1cncc1C(C)N. The Balaban J connectivity index is 2.70. The minimum Gasteiger partial charge on any atom is -0.333 e. The Hall–Kier alpha value is -0.830. The summed E-state index contributed by atoms with van der Waals surface area (Å²) in [5.41, 5.74) is 6.99. The zero-order valence-corrected chi connectivity index (χ0v) is 9.40. The first-order chi connectivity index (χ1) is 6.69. The summed E-state index contributed by atoms with van der Waals surface area (Å²) in [7, 11) is 0. The Morgan fingerprint density at radius 1 is 1.43 bits per heavy atom. The first-order valence-electron chi connectivity index (χ1n) is 5.44. The maximum Gasteiger partial charge on any atom is 0.0948 e. The van der Waals surface area contributed by atoms with Crippen LogP contribution in [0.15, 0.2) is 12.5 Å². The molecule has 0 saturated carbocycles. The van der Waals surface area contributed by atoms with Crippen molar-refractivity contribution in [2.24, 2.45) is 11.7 Å². The van der Waals surface area contributed by atoms with E-state index in [9.17, 15) is 0 Å². The zero-order chi connectivity index (χ0) is 10.6. The van der Waals surface area contributed by atoms with Crippen molar-refractivity contribution in [3.05, 3.63) is 18.2 Å². The van der Waals surface area contributed by atoms with Gasteiger partial charge in [0.25, 0.3) is 0 Å². The molecule has 1 aromatic heterocycles. The monoisotopic (exact) mass is 195 g/mol. The molecular weight excluding hydrogens is 174 g/mol. The van der Waals surface area contributed by atoms with Crippen LogP contribution in [-0.2, 0) is 6.54 Å². The minimum absolute atomic E-state index is 0.0758. The van der Waals surface area contributed by atoms with Gasteiger partial charge in [-0.1, -0.05) is 26.7 Å². The number of nitrogens with zero attached hydrogens (tertiary/aromatic N) is 2. The van der Waals surface area contributed by atoms with Gasteiger partial charge in [0, 0.05) is 18.8 Å². The second-order valence-corrected chi connectivity index (χ2v) is 3.94. The summed E-state index contributed by atoms with van der Waals surface area (Å²) in [6, 6.07) is 0.0758. The molecule has 1 heterocycles. The number of hydrogen-bond acceptors (Lipinski definition) is 2. The first-order valence-corrected chi connectivity index (χ1v) is 5.44. The standard InChI is InChI=1S/C11H21N3/c1-4-10(5-2)7-14-8-13-6-11(14)9(3)12/h6,8-10H,4-5,7,12H2,1-3H3. The first kappa shape index (κ1) is 11.2. The normalized spacial score (nSPS) is 13.5. The van der Waals surface area contributed by atoms with E-state index in [-0.39, 0.29) is 6.04 Å². The Bertz CT molecular complexity index is 261. The summed E-state index contributed by atoms with van der Waals surface area (Å²) < 4.78 is 2.18. The van der Waals surface area contributed by atoms with Crippen LogP contribution in [0.4, 0.5) is 0 Å². The average molecular weight is 195 g/mol. The lowest BCUT2D eigenvalue weighted by molar-refractivity contribution is 0.408. The van der Waals surface area contributed by atoms with Gasteiger partial charge in [-0.2, -0.15) is 0 Å². The van der Waals surface area contributed by atoms with Crippen molar-refractivity contribution in [1.29, 1.82) is 0 Å². The van der Waals surface area contributed by atoms with E-state index in [1.54, 1.807) is 0 Å². The maximum absolute atomic E-state index is 5.86. The summed E-state index contributed by atoms with van der Waals surface area (Å²) in [5.74, 6) is 0.738. The summed E-state index contributed by atoms with van der Waals surface area (Å²) in [6.07, 6.45) is 6.18. The molecule has 0 bridgehead atoms. The van der Waals surface area contributed by atoms with Gasteiger partial charge >= 0.3 is 0 Å². The zero-order valence-electron chi connectivity index (χ0n) is 9.40. The topological polar surface area (TPSA) is 43.8 Å². The highest BCUT2D eigenvalue weighted by Gasteiger charge is 2.10.